The fourth-order valence-corrected chi connectivity index (χ4v) is 2.48. The predicted octanol–water partition coefficient (Wildman–Crippen LogP) is 4.28. The zero-order valence-electron chi connectivity index (χ0n) is 12.2. The van der Waals surface area contributed by atoms with E-state index in [1.54, 1.807) is 0 Å². The van der Waals surface area contributed by atoms with Gasteiger partial charge in [-0.25, -0.2) is 0 Å². The minimum absolute atomic E-state index is 0.248. The Hall–Kier alpha value is -2.11. The zero-order valence-corrected chi connectivity index (χ0v) is 12.2. The van der Waals surface area contributed by atoms with E-state index < -0.39 is 0 Å². The molecule has 1 N–H and O–H groups in total. The fraction of sp³-hybridized carbons (Fsp3) is 0.278. The van der Waals surface area contributed by atoms with E-state index in [1.807, 2.05) is 24.3 Å². The van der Waals surface area contributed by atoms with Crippen LogP contribution in [0.3, 0.4) is 0 Å². The second-order valence-electron chi connectivity index (χ2n) is 5.20. The molecule has 2 heteroatoms. The van der Waals surface area contributed by atoms with Gasteiger partial charge in [-0.1, -0.05) is 36.4 Å². The quantitative estimate of drug-likeness (QED) is 0.894. The van der Waals surface area contributed by atoms with Crippen molar-refractivity contribution in [2.75, 3.05) is 0 Å². The molecular formula is C18H20N2. The van der Waals surface area contributed by atoms with Crippen molar-refractivity contribution >= 4 is 0 Å². The standard InChI is InChI=1S/C18H20N2/c1-13-6-4-5-7-18(13)15(3)20-14(2)17-10-8-16(12-19)9-11-17/h4-11,14-15,20H,1-3H3/t14?,15-/m1/s1. The van der Waals surface area contributed by atoms with Gasteiger partial charge in [0.25, 0.3) is 0 Å². The third-order valence-electron chi connectivity index (χ3n) is 3.69. The first-order valence-corrected chi connectivity index (χ1v) is 6.93. The highest BCUT2D eigenvalue weighted by Gasteiger charge is 2.12. The molecule has 2 aromatic rings. The molecule has 20 heavy (non-hydrogen) atoms. The molecule has 0 spiro atoms. The van der Waals surface area contributed by atoms with E-state index in [0.29, 0.717) is 11.6 Å². The molecule has 0 heterocycles. The number of rotatable bonds is 4. The molecule has 0 bridgehead atoms. The molecule has 0 aromatic heterocycles. The van der Waals surface area contributed by atoms with Gasteiger partial charge in [0.2, 0.25) is 0 Å². The lowest BCUT2D eigenvalue weighted by Crippen LogP contribution is -2.23. The summed E-state index contributed by atoms with van der Waals surface area (Å²) in [5, 5.41) is 12.4. The van der Waals surface area contributed by atoms with E-state index in [2.05, 4.69) is 56.4 Å². The number of nitrogens with zero attached hydrogens (tertiary/aromatic N) is 1. The fourth-order valence-electron chi connectivity index (χ4n) is 2.48. The second kappa shape index (κ2) is 6.36. The van der Waals surface area contributed by atoms with E-state index in [-0.39, 0.29) is 6.04 Å². The van der Waals surface area contributed by atoms with Crippen LogP contribution < -0.4 is 5.32 Å². The third kappa shape index (κ3) is 3.26. The van der Waals surface area contributed by atoms with Gasteiger partial charge in [0.15, 0.2) is 0 Å². The van der Waals surface area contributed by atoms with Crippen LogP contribution in [0.4, 0.5) is 0 Å². The molecule has 0 aliphatic rings. The van der Waals surface area contributed by atoms with E-state index in [9.17, 15) is 0 Å². The SMILES string of the molecule is Cc1ccccc1[C@@H](C)NC(C)c1ccc(C#N)cc1. The monoisotopic (exact) mass is 264 g/mol. The first kappa shape index (κ1) is 14.3. The number of aryl methyl sites for hydroxylation is 1. The molecule has 0 saturated heterocycles. The smallest absolute Gasteiger partial charge is 0.0991 e. The number of hydrogen-bond donors (Lipinski definition) is 1. The molecule has 0 aliphatic heterocycles. The molecule has 0 saturated carbocycles. The third-order valence-corrected chi connectivity index (χ3v) is 3.69. The molecular weight excluding hydrogens is 244 g/mol. The molecule has 2 rings (SSSR count). The summed E-state index contributed by atoms with van der Waals surface area (Å²) in [4.78, 5) is 0. The van der Waals surface area contributed by atoms with Crippen LogP contribution in [-0.4, -0.2) is 0 Å². The van der Waals surface area contributed by atoms with Gasteiger partial charge < -0.3 is 5.32 Å². The Morgan fingerprint density at radius 3 is 2.20 bits per heavy atom. The zero-order chi connectivity index (χ0) is 14.5. The van der Waals surface area contributed by atoms with Crippen molar-refractivity contribution in [1.82, 2.24) is 5.32 Å². The summed E-state index contributed by atoms with van der Waals surface area (Å²) in [5.74, 6) is 0. The van der Waals surface area contributed by atoms with Crippen LogP contribution in [0.5, 0.6) is 0 Å². The van der Waals surface area contributed by atoms with E-state index in [0.717, 1.165) is 0 Å². The summed E-state index contributed by atoms with van der Waals surface area (Å²) >= 11 is 0. The topological polar surface area (TPSA) is 35.8 Å². The lowest BCUT2D eigenvalue weighted by molar-refractivity contribution is 0.493. The maximum absolute atomic E-state index is 8.83. The molecule has 0 radical (unpaired) electrons. The highest BCUT2D eigenvalue weighted by Crippen LogP contribution is 2.21. The van der Waals surface area contributed by atoms with Crippen molar-refractivity contribution < 1.29 is 0 Å². The lowest BCUT2D eigenvalue weighted by Gasteiger charge is -2.22. The summed E-state index contributed by atoms with van der Waals surface area (Å²) in [6.45, 7) is 6.47. The van der Waals surface area contributed by atoms with Crippen molar-refractivity contribution in [3.8, 4) is 6.07 Å². The van der Waals surface area contributed by atoms with Gasteiger partial charge in [0.05, 0.1) is 11.6 Å². The van der Waals surface area contributed by atoms with E-state index in [1.165, 1.54) is 16.7 Å². The minimum atomic E-state index is 0.248. The van der Waals surface area contributed by atoms with Crippen molar-refractivity contribution in [3.05, 3.63) is 70.8 Å². The average molecular weight is 264 g/mol. The second-order valence-corrected chi connectivity index (χ2v) is 5.20. The number of hydrogen-bond acceptors (Lipinski definition) is 2. The van der Waals surface area contributed by atoms with Crippen LogP contribution >= 0.6 is 0 Å². The Bertz CT molecular complexity index is 608. The average Bonchev–Trinajstić information content (AvgIpc) is 2.47. The Morgan fingerprint density at radius 1 is 0.950 bits per heavy atom. The van der Waals surface area contributed by atoms with Gasteiger partial charge in [-0.3, -0.25) is 0 Å². The molecule has 1 unspecified atom stereocenters. The van der Waals surface area contributed by atoms with Gasteiger partial charge >= 0.3 is 0 Å². The van der Waals surface area contributed by atoms with Crippen molar-refractivity contribution in [2.24, 2.45) is 0 Å². The maximum atomic E-state index is 8.83. The Labute approximate surface area is 121 Å². The van der Waals surface area contributed by atoms with Gasteiger partial charge in [-0.15, -0.1) is 0 Å². The summed E-state index contributed by atoms with van der Waals surface area (Å²) in [6.07, 6.45) is 0. The molecule has 0 fully saturated rings. The van der Waals surface area contributed by atoms with Gasteiger partial charge in [0.1, 0.15) is 0 Å². The molecule has 0 aliphatic carbocycles. The molecule has 0 amide bonds. The number of nitrogens with one attached hydrogen (secondary N) is 1. The largest absolute Gasteiger partial charge is 0.304 e. The summed E-state index contributed by atoms with van der Waals surface area (Å²) < 4.78 is 0. The Balaban J connectivity index is 2.09. The van der Waals surface area contributed by atoms with Crippen LogP contribution in [0.1, 0.15) is 48.2 Å². The van der Waals surface area contributed by atoms with Crippen molar-refractivity contribution in [3.63, 3.8) is 0 Å². The van der Waals surface area contributed by atoms with Crippen LogP contribution in [-0.2, 0) is 0 Å². The van der Waals surface area contributed by atoms with Crippen LogP contribution in [0, 0.1) is 18.3 Å². The first-order valence-electron chi connectivity index (χ1n) is 6.93. The van der Waals surface area contributed by atoms with Gasteiger partial charge in [0, 0.05) is 12.1 Å². The normalized spacial score (nSPS) is 13.5. The molecule has 2 aromatic carbocycles. The highest BCUT2D eigenvalue weighted by atomic mass is 14.9. The van der Waals surface area contributed by atoms with Crippen LogP contribution in [0.15, 0.2) is 48.5 Å². The Morgan fingerprint density at radius 2 is 1.60 bits per heavy atom. The molecule has 2 nitrogen and oxygen atoms in total. The molecule has 102 valence electrons. The van der Waals surface area contributed by atoms with Gasteiger partial charge in [-0.05, 0) is 49.6 Å². The number of benzene rings is 2. The first-order chi connectivity index (χ1) is 9.61. The highest BCUT2D eigenvalue weighted by molar-refractivity contribution is 5.33. The van der Waals surface area contributed by atoms with Crippen molar-refractivity contribution in [1.29, 1.82) is 5.26 Å². The van der Waals surface area contributed by atoms with Crippen molar-refractivity contribution in [2.45, 2.75) is 32.9 Å². The predicted molar refractivity (Wildman–Crippen MR) is 82.3 cm³/mol. The molecule has 2 atom stereocenters. The summed E-state index contributed by atoms with van der Waals surface area (Å²) in [5.41, 5.74) is 4.53. The summed E-state index contributed by atoms with van der Waals surface area (Å²) in [6, 6.07) is 18.9. The Kier molecular flexibility index (Phi) is 4.55. The van der Waals surface area contributed by atoms with Crippen LogP contribution in [0.2, 0.25) is 0 Å². The minimum Gasteiger partial charge on any atom is -0.304 e. The van der Waals surface area contributed by atoms with Gasteiger partial charge in [-0.2, -0.15) is 5.26 Å². The van der Waals surface area contributed by atoms with E-state index in [4.69, 9.17) is 5.26 Å². The summed E-state index contributed by atoms with van der Waals surface area (Å²) in [7, 11) is 0. The van der Waals surface area contributed by atoms with E-state index >= 15 is 0 Å². The van der Waals surface area contributed by atoms with Crippen LogP contribution in [0.25, 0.3) is 0 Å². The maximum Gasteiger partial charge on any atom is 0.0991 e. The lowest BCUT2D eigenvalue weighted by atomic mass is 10.00. The number of nitriles is 1.